The maximum Gasteiger partial charge on any atom is 0.142 e. The lowest BCUT2D eigenvalue weighted by atomic mass is 9.95. The molecule has 2 atom stereocenters. The average Bonchev–Trinajstić information content (AvgIpc) is 2.55. The molecule has 0 aliphatic carbocycles. The molecule has 0 bridgehead atoms. The highest BCUT2D eigenvalue weighted by molar-refractivity contribution is 5.68. The minimum Gasteiger partial charge on any atom is -0.495 e. The van der Waals surface area contributed by atoms with E-state index in [4.69, 9.17) is 10.5 Å². The zero-order valence-electron chi connectivity index (χ0n) is 10.2. The molecule has 0 amide bonds. The van der Waals surface area contributed by atoms with Crippen molar-refractivity contribution in [3.8, 4) is 5.75 Å². The van der Waals surface area contributed by atoms with E-state index in [1.807, 2.05) is 6.07 Å². The molecule has 88 valence electrons. The third kappa shape index (κ3) is 1.87. The zero-order chi connectivity index (χ0) is 11.7. The van der Waals surface area contributed by atoms with Gasteiger partial charge in [0.05, 0.1) is 12.8 Å². The third-order valence-corrected chi connectivity index (χ3v) is 3.22. The van der Waals surface area contributed by atoms with Gasteiger partial charge in [-0.1, -0.05) is 12.1 Å². The lowest BCUT2D eigenvalue weighted by molar-refractivity contribution is 0.415. The number of methoxy groups -OCH3 is 1. The second-order valence-corrected chi connectivity index (χ2v) is 4.69. The van der Waals surface area contributed by atoms with Gasteiger partial charge in [-0.15, -0.1) is 0 Å². The summed E-state index contributed by atoms with van der Waals surface area (Å²) in [5.41, 5.74) is 8.50. The first-order valence-corrected chi connectivity index (χ1v) is 5.77. The predicted octanol–water partition coefficient (Wildman–Crippen LogP) is 1.97. The molecule has 1 aliphatic rings. The van der Waals surface area contributed by atoms with E-state index in [1.165, 1.54) is 11.3 Å². The van der Waals surface area contributed by atoms with Gasteiger partial charge in [-0.05, 0) is 25.0 Å². The minimum absolute atomic E-state index is 0.246. The molecule has 0 saturated heterocycles. The van der Waals surface area contributed by atoms with Crippen molar-refractivity contribution in [1.29, 1.82) is 0 Å². The molecule has 2 rings (SSSR count). The molecule has 0 fully saturated rings. The van der Waals surface area contributed by atoms with Crippen molar-refractivity contribution in [3.05, 3.63) is 23.8 Å². The number of benzene rings is 1. The van der Waals surface area contributed by atoms with Gasteiger partial charge in [0.15, 0.2) is 0 Å². The van der Waals surface area contributed by atoms with E-state index in [1.54, 1.807) is 7.11 Å². The lowest BCUT2D eigenvalue weighted by Crippen LogP contribution is -2.22. The Hall–Kier alpha value is -1.22. The number of hydrogen-bond donors (Lipinski definition) is 1. The number of fused-ring (bicyclic) bond motifs is 1. The molecule has 3 nitrogen and oxygen atoms in total. The predicted molar refractivity (Wildman–Crippen MR) is 67.3 cm³/mol. The maximum absolute atomic E-state index is 5.90. The Morgan fingerprint density at radius 1 is 1.56 bits per heavy atom. The van der Waals surface area contributed by atoms with Crippen LogP contribution in [0.15, 0.2) is 18.2 Å². The van der Waals surface area contributed by atoms with Gasteiger partial charge >= 0.3 is 0 Å². The van der Waals surface area contributed by atoms with Crippen molar-refractivity contribution in [3.63, 3.8) is 0 Å². The Morgan fingerprint density at radius 3 is 2.94 bits per heavy atom. The molecule has 2 N–H and O–H groups in total. The highest BCUT2D eigenvalue weighted by atomic mass is 16.5. The van der Waals surface area contributed by atoms with Crippen molar-refractivity contribution >= 4 is 5.69 Å². The topological polar surface area (TPSA) is 38.5 Å². The van der Waals surface area contributed by atoms with Crippen LogP contribution in [0.1, 0.15) is 24.8 Å². The van der Waals surface area contributed by atoms with E-state index in [2.05, 4.69) is 31.0 Å². The molecule has 1 aliphatic heterocycles. The van der Waals surface area contributed by atoms with Crippen molar-refractivity contribution < 1.29 is 4.74 Å². The zero-order valence-corrected chi connectivity index (χ0v) is 10.2. The van der Waals surface area contributed by atoms with Gasteiger partial charge in [-0.2, -0.15) is 0 Å². The maximum atomic E-state index is 5.90. The standard InChI is InChI=1S/C13H20N2O/c1-9(14)7-10-8-15(2)13-11(10)5-4-6-12(13)16-3/h4-6,9-10H,7-8,14H2,1-3H3. The summed E-state index contributed by atoms with van der Waals surface area (Å²) in [7, 11) is 3.84. The fourth-order valence-electron chi connectivity index (χ4n) is 2.61. The Kier molecular flexibility index (Phi) is 3.06. The van der Waals surface area contributed by atoms with E-state index in [9.17, 15) is 0 Å². The summed E-state index contributed by atoms with van der Waals surface area (Å²) in [5.74, 6) is 1.50. The number of ether oxygens (including phenoxy) is 1. The summed E-state index contributed by atoms with van der Waals surface area (Å²) >= 11 is 0. The van der Waals surface area contributed by atoms with Crippen molar-refractivity contribution in [2.75, 3.05) is 25.6 Å². The number of nitrogens with zero attached hydrogens (tertiary/aromatic N) is 1. The lowest BCUT2D eigenvalue weighted by Gasteiger charge is -2.15. The van der Waals surface area contributed by atoms with E-state index in [-0.39, 0.29) is 6.04 Å². The van der Waals surface area contributed by atoms with Crippen LogP contribution in [-0.4, -0.2) is 26.7 Å². The number of hydrogen-bond acceptors (Lipinski definition) is 3. The summed E-state index contributed by atoms with van der Waals surface area (Å²) in [4.78, 5) is 2.27. The summed E-state index contributed by atoms with van der Waals surface area (Å²) in [6.07, 6.45) is 1.03. The highest BCUT2D eigenvalue weighted by Crippen LogP contribution is 2.43. The summed E-state index contributed by atoms with van der Waals surface area (Å²) < 4.78 is 5.41. The van der Waals surface area contributed by atoms with Crippen LogP contribution >= 0.6 is 0 Å². The minimum atomic E-state index is 0.246. The second-order valence-electron chi connectivity index (χ2n) is 4.69. The van der Waals surface area contributed by atoms with Gasteiger partial charge < -0.3 is 15.4 Å². The first-order chi connectivity index (χ1) is 7.63. The molecule has 1 aromatic rings. The van der Waals surface area contributed by atoms with Crippen LogP contribution < -0.4 is 15.4 Å². The fraction of sp³-hybridized carbons (Fsp3) is 0.538. The van der Waals surface area contributed by atoms with Crippen molar-refractivity contribution in [1.82, 2.24) is 0 Å². The first kappa shape index (κ1) is 11.3. The van der Waals surface area contributed by atoms with Crippen LogP contribution in [0.4, 0.5) is 5.69 Å². The number of anilines is 1. The van der Waals surface area contributed by atoms with Crippen LogP contribution in [0.5, 0.6) is 5.75 Å². The Balaban J connectivity index is 2.35. The molecule has 2 unspecified atom stereocenters. The van der Waals surface area contributed by atoms with Crippen LogP contribution in [0, 0.1) is 0 Å². The third-order valence-electron chi connectivity index (χ3n) is 3.22. The molecule has 0 spiro atoms. The number of likely N-dealkylation sites (N-methyl/N-ethyl adjacent to an activating group) is 1. The van der Waals surface area contributed by atoms with Gasteiger partial charge in [0.1, 0.15) is 5.75 Å². The molecule has 1 aromatic carbocycles. The molecule has 16 heavy (non-hydrogen) atoms. The van der Waals surface area contributed by atoms with E-state index >= 15 is 0 Å². The average molecular weight is 220 g/mol. The van der Waals surface area contributed by atoms with Gasteiger partial charge in [0, 0.05) is 25.6 Å². The SMILES string of the molecule is COc1cccc2c1N(C)CC2CC(C)N. The second kappa shape index (κ2) is 4.34. The molecule has 0 saturated carbocycles. The van der Waals surface area contributed by atoms with Gasteiger partial charge in [0.25, 0.3) is 0 Å². The normalized spacial score (nSPS) is 20.8. The number of rotatable bonds is 3. The van der Waals surface area contributed by atoms with Gasteiger partial charge in [-0.25, -0.2) is 0 Å². The van der Waals surface area contributed by atoms with E-state index in [0.717, 1.165) is 18.7 Å². The van der Waals surface area contributed by atoms with Crippen LogP contribution in [0.2, 0.25) is 0 Å². The number of nitrogens with two attached hydrogens (primary N) is 1. The Labute approximate surface area is 97.2 Å². The summed E-state index contributed by atoms with van der Waals surface area (Å²) in [6.45, 7) is 3.11. The van der Waals surface area contributed by atoms with Gasteiger partial charge in [0.2, 0.25) is 0 Å². The number of para-hydroxylation sites is 1. The Bertz CT molecular complexity index is 376. The largest absolute Gasteiger partial charge is 0.495 e. The smallest absolute Gasteiger partial charge is 0.142 e. The quantitative estimate of drug-likeness (QED) is 0.846. The molecular formula is C13H20N2O. The molecule has 3 heteroatoms. The Morgan fingerprint density at radius 2 is 2.31 bits per heavy atom. The summed E-state index contributed by atoms with van der Waals surface area (Å²) in [6, 6.07) is 6.51. The van der Waals surface area contributed by atoms with E-state index < -0.39 is 0 Å². The van der Waals surface area contributed by atoms with Gasteiger partial charge in [-0.3, -0.25) is 0 Å². The molecule has 0 radical (unpaired) electrons. The highest BCUT2D eigenvalue weighted by Gasteiger charge is 2.29. The van der Waals surface area contributed by atoms with Crippen molar-refractivity contribution in [2.24, 2.45) is 5.73 Å². The molecular weight excluding hydrogens is 200 g/mol. The first-order valence-electron chi connectivity index (χ1n) is 5.77. The van der Waals surface area contributed by atoms with Crippen LogP contribution in [-0.2, 0) is 0 Å². The monoisotopic (exact) mass is 220 g/mol. The summed E-state index contributed by atoms with van der Waals surface area (Å²) in [5, 5.41) is 0. The van der Waals surface area contributed by atoms with Crippen LogP contribution in [0.25, 0.3) is 0 Å². The van der Waals surface area contributed by atoms with Crippen LogP contribution in [0.3, 0.4) is 0 Å². The van der Waals surface area contributed by atoms with Crippen molar-refractivity contribution in [2.45, 2.75) is 25.3 Å². The molecule has 0 aromatic heterocycles. The molecule has 1 heterocycles. The fourth-order valence-corrected chi connectivity index (χ4v) is 2.61. The van der Waals surface area contributed by atoms with E-state index in [0.29, 0.717) is 5.92 Å².